The van der Waals surface area contributed by atoms with Gasteiger partial charge >= 0.3 is 0 Å². The Bertz CT molecular complexity index is 521. The number of nitrogens with two attached hydrogens (primary N) is 1. The van der Waals surface area contributed by atoms with E-state index in [-0.39, 0.29) is 16.9 Å². The quantitative estimate of drug-likeness (QED) is 0.764. The average molecular weight is 400 g/mol. The van der Waals surface area contributed by atoms with Gasteiger partial charge in [0.05, 0.1) is 0 Å². The van der Waals surface area contributed by atoms with E-state index < -0.39 is 10.0 Å². The maximum absolute atomic E-state index is 12.3. The predicted octanol–water partition coefficient (Wildman–Crippen LogP) is 3.12. The first-order valence-electron chi connectivity index (χ1n) is 5.42. The maximum Gasteiger partial charge on any atom is 0.243 e. The Labute approximate surface area is 125 Å². The number of sulfonamides is 1. The molecule has 0 saturated heterocycles. The highest BCUT2D eigenvalue weighted by Crippen LogP contribution is 2.32. The molecule has 0 saturated carbocycles. The van der Waals surface area contributed by atoms with E-state index in [1.807, 2.05) is 20.8 Å². The molecule has 0 bridgehead atoms. The van der Waals surface area contributed by atoms with Crippen molar-refractivity contribution < 1.29 is 8.42 Å². The Morgan fingerprint density at radius 3 is 2.00 bits per heavy atom. The summed E-state index contributed by atoms with van der Waals surface area (Å²) in [6, 6.07) is 2.99. The molecule has 3 N–H and O–H groups in total. The van der Waals surface area contributed by atoms with Crippen molar-refractivity contribution in [3.8, 4) is 0 Å². The molecule has 4 nitrogen and oxygen atoms in total. The zero-order valence-electron chi connectivity index (χ0n) is 10.4. The Hall–Kier alpha value is -0.110. The second-order valence-corrected chi connectivity index (χ2v) is 7.83. The van der Waals surface area contributed by atoms with E-state index in [4.69, 9.17) is 5.73 Å². The number of anilines is 1. The van der Waals surface area contributed by atoms with Gasteiger partial charge in [-0.1, -0.05) is 13.8 Å². The monoisotopic (exact) mass is 398 g/mol. The molecule has 0 aromatic heterocycles. The van der Waals surface area contributed by atoms with Gasteiger partial charge in [-0.3, -0.25) is 0 Å². The summed E-state index contributed by atoms with van der Waals surface area (Å²) >= 11 is 6.46. The molecule has 0 heterocycles. The van der Waals surface area contributed by atoms with Crippen molar-refractivity contribution >= 4 is 47.6 Å². The van der Waals surface area contributed by atoms with Crippen molar-refractivity contribution in [3.05, 3.63) is 21.1 Å². The molecule has 0 aliphatic rings. The molecule has 7 heteroatoms. The lowest BCUT2D eigenvalue weighted by Crippen LogP contribution is -2.36. The number of hydrogen-bond acceptors (Lipinski definition) is 3. The summed E-state index contributed by atoms with van der Waals surface area (Å²) < 4.78 is 28.1. The standard InChI is InChI=1S/C11H16Br2N2O2S/c1-6(2)7(3)15-18(16,17)11-9(12)4-8(14)5-10(11)13/h4-7,15H,14H2,1-3H3. The number of halogens is 2. The van der Waals surface area contributed by atoms with Crippen LogP contribution in [-0.4, -0.2) is 14.5 Å². The van der Waals surface area contributed by atoms with E-state index in [0.717, 1.165) is 0 Å². The number of benzene rings is 1. The van der Waals surface area contributed by atoms with Crippen LogP contribution in [0.5, 0.6) is 0 Å². The molecular formula is C11H16Br2N2O2S. The Morgan fingerprint density at radius 1 is 1.17 bits per heavy atom. The first-order valence-corrected chi connectivity index (χ1v) is 8.49. The van der Waals surface area contributed by atoms with Crippen molar-refractivity contribution in [2.24, 2.45) is 5.92 Å². The molecule has 1 atom stereocenters. The van der Waals surface area contributed by atoms with E-state index >= 15 is 0 Å². The van der Waals surface area contributed by atoms with Crippen LogP contribution in [-0.2, 0) is 10.0 Å². The predicted molar refractivity (Wildman–Crippen MR) is 80.9 cm³/mol. The van der Waals surface area contributed by atoms with Gasteiger partial charge in [-0.2, -0.15) is 0 Å². The average Bonchev–Trinajstić information content (AvgIpc) is 2.13. The summed E-state index contributed by atoms with van der Waals surface area (Å²) in [7, 11) is -3.58. The van der Waals surface area contributed by atoms with E-state index in [1.54, 1.807) is 12.1 Å². The minimum absolute atomic E-state index is 0.147. The van der Waals surface area contributed by atoms with Crippen LogP contribution in [0.15, 0.2) is 26.0 Å². The summed E-state index contributed by atoms with van der Waals surface area (Å²) in [5.41, 5.74) is 6.14. The fourth-order valence-corrected chi connectivity index (χ4v) is 5.29. The minimum atomic E-state index is -3.58. The highest BCUT2D eigenvalue weighted by atomic mass is 79.9. The van der Waals surface area contributed by atoms with Gasteiger partial charge < -0.3 is 5.73 Å². The first kappa shape index (κ1) is 15.9. The summed E-state index contributed by atoms with van der Waals surface area (Å²) in [4.78, 5) is 0.171. The highest BCUT2D eigenvalue weighted by Gasteiger charge is 2.24. The van der Waals surface area contributed by atoms with Crippen LogP contribution in [0.4, 0.5) is 5.69 Å². The van der Waals surface area contributed by atoms with Crippen molar-refractivity contribution in [1.29, 1.82) is 0 Å². The molecule has 1 aromatic carbocycles. The lowest BCUT2D eigenvalue weighted by Gasteiger charge is -2.19. The Balaban J connectivity index is 3.21. The molecule has 0 spiro atoms. The Kier molecular flexibility index (Phi) is 5.22. The summed E-state index contributed by atoms with van der Waals surface area (Å²) in [6.45, 7) is 5.75. The van der Waals surface area contributed by atoms with Gasteiger partial charge in [0, 0.05) is 20.7 Å². The van der Waals surface area contributed by atoms with Gasteiger partial charge in [-0.05, 0) is 56.8 Å². The number of rotatable bonds is 4. The third-order valence-corrected chi connectivity index (χ3v) is 6.07. The fraction of sp³-hybridized carbons (Fsp3) is 0.455. The van der Waals surface area contributed by atoms with Crippen molar-refractivity contribution in [2.45, 2.75) is 31.7 Å². The van der Waals surface area contributed by atoms with Crippen LogP contribution >= 0.6 is 31.9 Å². The molecule has 0 fully saturated rings. The zero-order chi connectivity index (χ0) is 14.1. The second-order valence-electron chi connectivity index (χ2n) is 4.47. The van der Waals surface area contributed by atoms with Crippen molar-refractivity contribution in [2.75, 3.05) is 5.73 Å². The Morgan fingerprint density at radius 2 is 1.61 bits per heavy atom. The molecule has 1 unspecified atom stereocenters. The van der Waals surface area contributed by atoms with Gasteiger partial charge in [0.2, 0.25) is 10.0 Å². The minimum Gasteiger partial charge on any atom is -0.399 e. The largest absolute Gasteiger partial charge is 0.399 e. The van der Waals surface area contributed by atoms with Gasteiger partial charge in [0.1, 0.15) is 4.90 Å². The van der Waals surface area contributed by atoms with Crippen LogP contribution < -0.4 is 10.5 Å². The smallest absolute Gasteiger partial charge is 0.243 e. The van der Waals surface area contributed by atoms with Gasteiger partial charge in [0.15, 0.2) is 0 Å². The van der Waals surface area contributed by atoms with Gasteiger partial charge in [-0.15, -0.1) is 0 Å². The molecule has 18 heavy (non-hydrogen) atoms. The van der Waals surface area contributed by atoms with Crippen LogP contribution in [0.3, 0.4) is 0 Å². The number of nitrogen functional groups attached to an aromatic ring is 1. The zero-order valence-corrected chi connectivity index (χ0v) is 14.4. The van der Waals surface area contributed by atoms with Crippen LogP contribution in [0.2, 0.25) is 0 Å². The van der Waals surface area contributed by atoms with E-state index in [1.165, 1.54) is 0 Å². The number of nitrogens with one attached hydrogen (secondary N) is 1. The molecule has 1 rings (SSSR count). The molecule has 0 amide bonds. The second kappa shape index (κ2) is 5.90. The molecular weight excluding hydrogens is 384 g/mol. The van der Waals surface area contributed by atoms with Crippen molar-refractivity contribution in [1.82, 2.24) is 4.72 Å². The third-order valence-electron chi connectivity index (χ3n) is 2.63. The first-order chi connectivity index (χ1) is 8.15. The van der Waals surface area contributed by atoms with Crippen LogP contribution in [0, 0.1) is 5.92 Å². The maximum atomic E-state index is 12.3. The molecule has 0 aliphatic carbocycles. The van der Waals surface area contributed by atoms with E-state index in [9.17, 15) is 8.42 Å². The number of hydrogen-bond donors (Lipinski definition) is 2. The van der Waals surface area contributed by atoms with E-state index in [0.29, 0.717) is 14.6 Å². The normalized spacial score (nSPS) is 13.9. The van der Waals surface area contributed by atoms with Gasteiger partial charge in [-0.25, -0.2) is 13.1 Å². The third kappa shape index (κ3) is 3.69. The molecule has 1 aromatic rings. The highest BCUT2D eigenvalue weighted by molar-refractivity contribution is 9.11. The molecule has 102 valence electrons. The molecule has 0 aliphatic heterocycles. The van der Waals surface area contributed by atoms with Crippen LogP contribution in [0.1, 0.15) is 20.8 Å². The summed E-state index contributed by atoms with van der Waals surface area (Å²) in [6.07, 6.45) is 0. The van der Waals surface area contributed by atoms with Gasteiger partial charge in [0.25, 0.3) is 0 Å². The summed E-state index contributed by atoms with van der Waals surface area (Å²) in [5.74, 6) is 0.214. The van der Waals surface area contributed by atoms with E-state index in [2.05, 4.69) is 36.6 Å². The fourth-order valence-electron chi connectivity index (χ4n) is 1.28. The van der Waals surface area contributed by atoms with Crippen molar-refractivity contribution in [3.63, 3.8) is 0 Å². The lowest BCUT2D eigenvalue weighted by molar-refractivity contribution is 0.476. The SMILES string of the molecule is CC(C)C(C)NS(=O)(=O)c1c(Br)cc(N)cc1Br. The topological polar surface area (TPSA) is 72.2 Å². The molecule has 0 radical (unpaired) electrons. The van der Waals surface area contributed by atoms with Crippen LogP contribution in [0.25, 0.3) is 0 Å². The summed E-state index contributed by atoms with van der Waals surface area (Å²) in [5, 5.41) is 0. The lowest BCUT2D eigenvalue weighted by atomic mass is 10.1.